The molecule has 1 aromatic heterocycles. The van der Waals surface area contributed by atoms with E-state index in [0.29, 0.717) is 43.0 Å². The summed E-state index contributed by atoms with van der Waals surface area (Å²) >= 11 is 5.81. The number of methoxy groups -OCH3 is 1. The van der Waals surface area contributed by atoms with Crippen molar-refractivity contribution >= 4 is 17.3 Å². The molecular weight excluding hydrogens is 392 g/mol. The summed E-state index contributed by atoms with van der Waals surface area (Å²) in [6, 6.07) is 15.3. The average Bonchev–Trinajstić information content (AvgIpc) is 2.77. The number of pyridine rings is 1. The topological polar surface area (TPSA) is 61.8 Å². The van der Waals surface area contributed by atoms with E-state index in [1.807, 2.05) is 42.5 Å². The monoisotopic (exact) mass is 412 g/mol. The number of hydrogen-bond donors (Lipinski definition) is 1. The molecule has 1 N–H and O–H groups in total. The van der Waals surface area contributed by atoms with E-state index in [4.69, 9.17) is 30.5 Å². The van der Waals surface area contributed by atoms with Gasteiger partial charge in [0.1, 0.15) is 25.0 Å². The van der Waals surface area contributed by atoms with Gasteiger partial charge in [0.15, 0.2) is 23.0 Å². The van der Waals surface area contributed by atoms with Gasteiger partial charge >= 0.3 is 0 Å². The number of rotatable bonds is 7. The minimum absolute atomic E-state index is 0.384. The first-order chi connectivity index (χ1) is 14.2. The number of aromatic nitrogens is 1. The summed E-state index contributed by atoms with van der Waals surface area (Å²) in [5.74, 6) is 2.89. The summed E-state index contributed by atoms with van der Waals surface area (Å²) in [6.07, 6.45) is 1.69. The molecule has 0 radical (unpaired) electrons. The Kier molecular flexibility index (Phi) is 5.91. The molecule has 2 heterocycles. The Morgan fingerprint density at radius 2 is 1.79 bits per heavy atom. The molecule has 2 aromatic carbocycles. The lowest BCUT2D eigenvalue weighted by molar-refractivity contribution is 0.171. The van der Waals surface area contributed by atoms with Gasteiger partial charge in [-0.3, -0.25) is 0 Å². The average molecular weight is 413 g/mol. The van der Waals surface area contributed by atoms with E-state index in [-0.39, 0.29) is 0 Å². The van der Waals surface area contributed by atoms with Crippen LogP contribution in [0.3, 0.4) is 0 Å². The molecule has 0 saturated heterocycles. The van der Waals surface area contributed by atoms with Crippen molar-refractivity contribution in [3.8, 4) is 23.0 Å². The molecule has 3 aromatic rings. The molecule has 0 saturated carbocycles. The Labute approximate surface area is 174 Å². The first-order valence-electron chi connectivity index (χ1n) is 9.25. The quantitative estimate of drug-likeness (QED) is 0.567. The van der Waals surface area contributed by atoms with Crippen LogP contribution in [0.1, 0.15) is 11.1 Å². The van der Waals surface area contributed by atoms with Gasteiger partial charge in [0.2, 0.25) is 0 Å². The number of nitrogens with zero attached hydrogens (tertiary/aromatic N) is 1. The summed E-state index contributed by atoms with van der Waals surface area (Å²) in [7, 11) is 1.63. The second-order valence-corrected chi connectivity index (χ2v) is 6.86. The molecule has 29 heavy (non-hydrogen) atoms. The summed E-state index contributed by atoms with van der Waals surface area (Å²) in [6.45, 7) is 2.18. The summed E-state index contributed by atoms with van der Waals surface area (Å²) in [4.78, 5) is 4.06. The van der Waals surface area contributed by atoms with Crippen molar-refractivity contribution < 1.29 is 18.9 Å². The maximum Gasteiger partial charge on any atom is 0.163 e. The highest BCUT2D eigenvalue weighted by Crippen LogP contribution is 2.33. The number of anilines is 1. The van der Waals surface area contributed by atoms with Crippen LogP contribution >= 0.6 is 11.6 Å². The van der Waals surface area contributed by atoms with Crippen molar-refractivity contribution in [2.45, 2.75) is 13.2 Å². The largest absolute Gasteiger partial charge is 0.493 e. The van der Waals surface area contributed by atoms with Crippen LogP contribution in [-0.2, 0) is 13.2 Å². The number of ether oxygens (including phenoxy) is 4. The zero-order chi connectivity index (χ0) is 20.1. The van der Waals surface area contributed by atoms with Crippen molar-refractivity contribution in [3.63, 3.8) is 0 Å². The highest BCUT2D eigenvalue weighted by molar-refractivity contribution is 6.29. The summed E-state index contributed by atoms with van der Waals surface area (Å²) in [5, 5.41) is 3.85. The van der Waals surface area contributed by atoms with E-state index in [1.54, 1.807) is 19.4 Å². The molecule has 0 bridgehead atoms. The molecule has 0 aliphatic carbocycles. The normalized spacial score (nSPS) is 12.3. The second kappa shape index (κ2) is 8.92. The standard InChI is InChI=1S/C22H21ClN2O4/c1-26-20-10-15(2-5-18(20)29-14-16-3-7-22(23)25-13-16)12-24-17-4-6-19-21(11-17)28-9-8-27-19/h2-7,10-11,13,24H,8-9,12,14H2,1H3. The Hall–Kier alpha value is -3.12. The fraction of sp³-hybridized carbons (Fsp3) is 0.227. The molecule has 0 fully saturated rings. The molecule has 1 aliphatic heterocycles. The van der Waals surface area contributed by atoms with Crippen LogP contribution in [0, 0.1) is 0 Å². The number of fused-ring (bicyclic) bond motifs is 1. The van der Waals surface area contributed by atoms with Crippen LogP contribution in [0.4, 0.5) is 5.69 Å². The molecule has 6 nitrogen and oxygen atoms in total. The number of halogens is 1. The molecular formula is C22H21ClN2O4. The second-order valence-electron chi connectivity index (χ2n) is 6.48. The molecule has 0 amide bonds. The predicted octanol–water partition coefficient (Wildman–Crippen LogP) is 4.71. The van der Waals surface area contributed by atoms with E-state index in [1.165, 1.54) is 0 Å². The van der Waals surface area contributed by atoms with Crippen LogP contribution in [0.15, 0.2) is 54.7 Å². The predicted molar refractivity (Wildman–Crippen MR) is 111 cm³/mol. The van der Waals surface area contributed by atoms with Crippen LogP contribution in [0.25, 0.3) is 0 Å². The molecule has 1 aliphatic rings. The molecule has 4 rings (SSSR count). The van der Waals surface area contributed by atoms with Crippen molar-refractivity contribution in [1.29, 1.82) is 0 Å². The zero-order valence-electron chi connectivity index (χ0n) is 16.0. The molecule has 0 atom stereocenters. The SMILES string of the molecule is COc1cc(CNc2ccc3c(c2)OCCO3)ccc1OCc1ccc(Cl)nc1. The van der Waals surface area contributed by atoms with Gasteiger partial charge in [-0.25, -0.2) is 4.98 Å². The minimum atomic E-state index is 0.384. The van der Waals surface area contributed by atoms with Crippen LogP contribution in [0.2, 0.25) is 5.15 Å². The van der Waals surface area contributed by atoms with Gasteiger partial charge in [0.25, 0.3) is 0 Å². The van der Waals surface area contributed by atoms with E-state index in [2.05, 4.69) is 10.3 Å². The minimum Gasteiger partial charge on any atom is -0.493 e. The van der Waals surface area contributed by atoms with Crippen molar-refractivity contribution in [2.75, 3.05) is 25.6 Å². The highest BCUT2D eigenvalue weighted by Gasteiger charge is 2.12. The van der Waals surface area contributed by atoms with Gasteiger partial charge in [-0.05, 0) is 35.9 Å². The molecule has 150 valence electrons. The van der Waals surface area contributed by atoms with E-state index in [0.717, 1.165) is 28.3 Å². The van der Waals surface area contributed by atoms with Gasteiger partial charge in [-0.1, -0.05) is 23.7 Å². The number of nitrogens with one attached hydrogen (secondary N) is 1. The van der Waals surface area contributed by atoms with Gasteiger partial charge in [-0.2, -0.15) is 0 Å². The van der Waals surface area contributed by atoms with Gasteiger partial charge in [0, 0.05) is 30.1 Å². The third kappa shape index (κ3) is 4.84. The molecule has 0 unspecified atom stereocenters. The van der Waals surface area contributed by atoms with Crippen molar-refractivity contribution in [2.24, 2.45) is 0 Å². The Morgan fingerprint density at radius 1 is 0.966 bits per heavy atom. The van der Waals surface area contributed by atoms with Crippen molar-refractivity contribution in [1.82, 2.24) is 4.98 Å². The molecule has 7 heteroatoms. The third-order valence-corrected chi connectivity index (χ3v) is 4.67. The number of hydrogen-bond acceptors (Lipinski definition) is 6. The Bertz CT molecular complexity index is 979. The maximum atomic E-state index is 5.88. The van der Waals surface area contributed by atoms with Crippen molar-refractivity contribution in [3.05, 3.63) is 71.0 Å². The van der Waals surface area contributed by atoms with E-state index >= 15 is 0 Å². The Morgan fingerprint density at radius 3 is 2.59 bits per heavy atom. The van der Waals surface area contributed by atoms with Crippen LogP contribution in [0.5, 0.6) is 23.0 Å². The fourth-order valence-electron chi connectivity index (χ4n) is 2.95. The van der Waals surface area contributed by atoms with Gasteiger partial charge < -0.3 is 24.3 Å². The zero-order valence-corrected chi connectivity index (χ0v) is 16.7. The van der Waals surface area contributed by atoms with Crippen LogP contribution < -0.4 is 24.3 Å². The highest BCUT2D eigenvalue weighted by atomic mass is 35.5. The summed E-state index contributed by atoms with van der Waals surface area (Å²) < 4.78 is 22.5. The maximum absolute atomic E-state index is 5.88. The van der Waals surface area contributed by atoms with Gasteiger partial charge in [0.05, 0.1) is 7.11 Å². The van der Waals surface area contributed by atoms with E-state index in [9.17, 15) is 0 Å². The fourth-order valence-corrected chi connectivity index (χ4v) is 3.06. The first kappa shape index (κ1) is 19.2. The summed E-state index contributed by atoms with van der Waals surface area (Å²) in [5.41, 5.74) is 2.96. The smallest absolute Gasteiger partial charge is 0.163 e. The lowest BCUT2D eigenvalue weighted by Gasteiger charge is -2.19. The Balaban J connectivity index is 1.39. The third-order valence-electron chi connectivity index (χ3n) is 4.45. The molecule has 0 spiro atoms. The lowest BCUT2D eigenvalue weighted by atomic mass is 10.2. The van der Waals surface area contributed by atoms with Crippen LogP contribution in [-0.4, -0.2) is 25.3 Å². The van der Waals surface area contributed by atoms with Gasteiger partial charge in [-0.15, -0.1) is 0 Å². The lowest BCUT2D eigenvalue weighted by Crippen LogP contribution is -2.15. The first-order valence-corrected chi connectivity index (χ1v) is 9.63. The van der Waals surface area contributed by atoms with E-state index < -0.39 is 0 Å². The number of benzene rings is 2.